The standard InChI is InChI=1S/C13H24N2O4/c1-13(2,3)19-12(18)15-7-5-6-10(15)8-14(4)9-11(16)17/h10H,5-9H2,1-4H3,(H,16,17)/t10-/m0/s1. The average molecular weight is 272 g/mol. The van der Waals surface area contributed by atoms with Crippen molar-refractivity contribution in [3.05, 3.63) is 0 Å². The molecule has 0 aliphatic carbocycles. The molecule has 110 valence electrons. The van der Waals surface area contributed by atoms with E-state index in [2.05, 4.69) is 0 Å². The van der Waals surface area contributed by atoms with E-state index in [4.69, 9.17) is 9.84 Å². The zero-order valence-electron chi connectivity index (χ0n) is 12.2. The molecule has 0 spiro atoms. The smallest absolute Gasteiger partial charge is 0.410 e. The molecule has 1 N–H and O–H groups in total. The molecule has 19 heavy (non-hydrogen) atoms. The van der Waals surface area contributed by atoms with E-state index in [0.29, 0.717) is 13.1 Å². The molecule has 0 aromatic carbocycles. The van der Waals surface area contributed by atoms with Crippen LogP contribution in [0.25, 0.3) is 0 Å². The number of carboxylic acid groups (broad SMARTS) is 1. The van der Waals surface area contributed by atoms with Gasteiger partial charge in [0.1, 0.15) is 5.60 Å². The minimum absolute atomic E-state index is 0.0152. The third-order valence-electron chi connectivity index (χ3n) is 2.93. The largest absolute Gasteiger partial charge is 0.480 e. The molecule has 6 heteroatoms. The Bertz CT molecular complexity index is 338. The van der Waals surface area contributed by atoms with Crippen LogP contribution in [0.4, 0.5) is 4.79 Å². The molecule has 1 saturated heterocycles. The van der Waals surface area contributed by atoms with E-state index in [1.807, 2.05) is 20.8 Å². The zero-order valence-corrected chi connectivity index (χ0v) is 12.2. The Hall–Kier alpha value is -1.30. The van der Waals surface area contributed by atoms with Gasteiger partial charge in [-0.05, 0) is 40.7 Å². The van der Waals surface area contributed by atoms with Crippen LogP contribution in [0.5, 0.6) is 0 Å². The van der Waals surface area contributed by atoms with E-state index in [0.717, 1.165) is 12.8 Å². The highest BCUT2D eigenvalue weighted by Crippen LogP contribution is 2.21. The number of amides is 1. The molecule has 1 heterocycles. The van der Waals surface area contributed by atoms with Gasteiger partial charge in [0.15, 0.2) is 0 Å². The van der Waals surface area contributed by atoms with Crippen LogP contribution in [-0.2, 0) is 9.53 Å². The first-order chi connectivity index (χ1) is 8.69. The predicted octanol–water partition coefficient (Wildman–Crippen LogP) is 1.40. The number of hydrogen-bond acceptors (Lipinski definition) is 4. The third-order valence-corrected chi connectivity index (χ3v) is 2.93. The van der Waals surface area contributed by atoms with Crippen molar-refractivity contribution in [3.63, 3.8) is 0 Å². The van der Waals surface area contributed by atoms with Gasteiger partial charge in [-0.3, -0.25) is 9.69 Å². The molecule has 0 aromatic rings. The Morgan fingerprint density at radius 2 is 2.05 bits per heavy atom. The molecule has 0 unspecified atom stereocenters. The van der Waals surface area contributed by atoms with Crippen molar-refractivity contribution in [2.45, 2.75) is 45.3 Å². The molecule has 1 atom stereocenters. The van der Waals surface area contributed by atoms with Gasteiger partial charge in [-0.25, -0.2) is 4.79 Å². The van der Waals surface area contributed by atoms with Crippen molar-refractivity contribution in [3.8, 4) is 0 Å². The zero-order chi connectivity index (χ0) is 14.6. The van der Waals surface area contributed by atoms with Crippen molar-refractivity contribution in [2.24, 2.45) is 0 Å². The van der Waals surface area contributed by atoms with Crippen LogP contribution in [0.15, 0.2) is 0 Å². The van der Waals surface area contributed by atoms with Crippen LogP contribution in [0, 0.1) is 0 Å². The van der Waals surface area contributed by atoms with E-state index in [9.17, 15) is 9.59 Å². The van der Waals surface area contributed by atoms with Gasteiger partial charge in [0, 0.05) is 19.1 Å². The second-order valence-corrected chi connectivity index (χ2v) is 6.06. The lowest BCUT2D eigenvalue weighted by atomic mass is 10.2. The first-order valence-corrected chi connectivity index (χ1v) is 6.59. The summed E-state index contributed by atoms with van der Waals surface area (Å²) >= 11 is 0. The molecule has 1 rings (SSSR count). The number of aliphatic carboxylic acids is 1. The fourth-order valence-corrected chi connectivity index (χ4v) is 2.24. The van der Waals surface area contributed by atoms with Gasteiger partial charge >= 0.3 is 12.1 Å². The highest BCUT2D eigenvalue weighted by atomic mass is 16.6. The lowest BCUT2D eigenvalue weighted by Crippen LogP contribution is -2.45. The fraction of sp³-hybridized carbons (Fsp3) is 0.846. The SMILES string of the molecule is CN(CC(=O)O)C[C@@H]1CCCN1C(=O)OC(C)(C)C. The van der Waals surface area contributed by atoms with Crippen molar-refractivity contribution >= 4 is 12.1 Å². The monoisotopic (exact) mass is 272 g/mol. The highest BCUT2D eigenvalue weighted by Gasteiger charge is 2.32. The molecule has 0 aromatic heterocycles. The average Bonchev–Trinajstić information content (AvgIpc) is 2.61. The second kappa shape index (κ2) is 6.23. The van der Waals surface area contributed by atoms with Crippen LogP contribution < -0.4 is 0 Å². The van der Waals surface area contributed by atoms with Gasteiger partial charge in [-0.1, -0.05) is 0 Å². The molecule has 0 bridgehead atoms. The number of carbonyl (C=O) groups is 2. The quantitative estimate of drug-likeness (QED) is 0.837. The summed E-state index contributed by atoms with van der Waals surface area (Å²) in [5.41, 5.74) is -0.503. The lowest BCUT2D eigenvalue weighted by molar-refractivity contribution is -0.138. The normalized spacial score (nSPS) is 19.8. The van der Waals surface area contributed by atoms with E-state index in [1.165, 1.54) is 0 Å². The summed E-state index contributed by atoms with van der Waals surface area (Å²) in [4.78, 5) is 26.1. The summed E-state index contributed by atoms with van der Waals surface area (Å²) in [7, 11) is 1.75. The van der Waals surface area contributed by atoms with Gasteiger partial charge in [-0.2, -0.15) is 0 Å². The number of carboxylic acids is 1. The van der Waals surface area contributed by atoms with Crippen molar-refractivity contribution in [1.82, 2.24) is 9.80 Å². The summed E-state index contributed by atoms with van der Waals surface area (Å²) in [6, 6.07) is 0.0409. The second-order valence-electron chi connectivity index (χ2n) is 6.06. The van der Waals surface area contributed by atoms with Crippen LogP contribution in [0.3, 0.4) is 0 Å². The first-order valence-electron chi connectivity index (χ1n) is 6.59. The molecule has 1 aliphatic heterocycles. The molecular weight excluding hydrogens is 248 g/mol. The number of rotatable bonds is 4. The Kier molecular flexibility index (Phi) is 5.17. The summed E-state index contributed by atoms with van der Waals surface area (Å²) in [6.07, 6.45) is 1.52. The molecule has 1 amide bonds. The third kappa shape index (κ3) is 5.46. The number of hydrogen-bond donors (Lipinski definition) is 1. The Balaban J connectivity index is 2.54. The van der Waals surface area contributed by atoms with Gasteiger partial charge in [-0.15, -0.1) is 0 Å². The van der Waals surface area contributed by atoms with Crippen LogP contribution >= 0.6 is 0 Å². The van der Waals surface area contributed by atoms with E-state index in [1.54, 1.807) is 16.8 Å². The number of likely N-dealkylation sites (tertiary alicyclic amines) is 1. The summed E-state index contributed by atoms with van der Waals surface area (Å²) in [5.74, 6) is -0.857. The summed E-state index contributed by atoms with van der Waals surface area (Å²) < 4.78 is 5.37. The Morgan fingerprint density at radius 3 is 2.58 bits per heavy atom. The van der Waals surface area contributed by atoms with Crippen LogP contribution in [0.2, 0.25) is 0 Å². The molecule has 0 saturated carbocycles. The number of nitrogens with zero attached hydrogens (tertiary/aromatic N) is 2. The minimum atomic E-state index is -0.857. The van der Waals surface area contributed by atoms with E-state index >= 15 is 0 Å². The van der Waals surface area contributed by atoms with Gasteiger partial charge in [0.05, 0.1) is 6.54 Å². The molecule has 6 nitrogen and oxygen atoms in total. The molecule has 1 aliphatic rings. The molecule has 1 fully saturated rings. The predicted molar refractivity (Wildman–Crippen MR) is 71.1 cm³/mol. The number of ether oxygens (including phenoxy) is 1. The van der Waals surface area contributed by atoms with E-state index < -0.39 is 11.6 Å². The Labute approximate surface area is 114 Å². The lowest BCUT2D eigenvalue weighted by Gasteiger charge is -2.30. The summed E-state index contributed by atoms with van der Waals surface area (Å²) in [5, 5.41) is 8.74. The maximum atomic E-state index is 12.0. The van der Waals surface area contributed by atoms with Crippen LogP contribution in [-0.4, -0.2) is 65.3 Å². The minimum Gasteiger partial charge on any atom is -0.480 e. The number of carbonyl (C=O) groups excluding carboxylic acids is 1. The van der Waals surface area contributed by atoms with Crippen molar-refractivity contribution < 1.29 is 19.4 Å². The van der Waals surface area contributed by atoms with Gasteiger partial charge < -0.3 is 14.7 Å². The summed E-state index contributed by atoms with van der Waals surface area (Å²) in [6.45, 7) is 6.75. The van der Waals surface area contributed by atoms with Crippen molar-refractivity contribution in [1.29, 1.82) is 0 Å². The first kappa shape index (κ1) is 15.8. The van der Waals surface area contributed by atoms with Gasteiger partial charge in [0.2, 0.25) is 0 Å². The maximum absolute atomic E-state index is 12.0. The number of likely N-dealkylation sites (N-methyl/N-ethyl adjacent to an activating group) is 1. The highest BCUT2D eigenvalue weighted by molar-refractivity contribution is 5.69. The van der Waals surface area contributed by atoms with Crippen molar-refractivity contribution in [2.75, 3.05) is 26.7 Å². The topological polar surface area (TPSA) is 70.1 Å². The molecule has 0 radical (unpaired) electrons. The maximum Gasteiger partial charge on any atom is 0.410 e. The molecular formula is C13H24N2O4. The van der Waals surface area contributed by atoms with Gasteiger partial charge in [0.25, 0.3) is 0 Å². The fourth-order valence-electron chi connectivity index (χ4n) is 2.24. The Morgan fingerprint density at radius 1 is 1.42 bits per heavy atom. The van der Waals surface area contributed by atoms with E-state index in [-0.39, 0.29) is 18.7 Å². The van der Waals surface area contributed by atoms with Crippen LogP contribution in [0.1, 0.15) is 33.6 Å².